The monoisotopic (exact) mass is 237 g/mol. The number of carboxylic acids is 1. The Kier molecular flexibility index (Phi) is 4.15. The van der Waals surface area contributed by atoms with E-state index in [2.05, 4.69) is 10.3 Å². The Morgan fingerprint density at radius 1 is 1.29 bits per heavy atom. The largest absolute Gasteiger partial charge is 0.477 e. The van der Waals surface area contributed by atoms with Crippen LogP contribution in [0.1, 0.15) is 27.4 Å². The smallest absolute Gasteiger partial charge is 0.354 e. The predicted octanol–water partition coefficient (Wildman–Crippen LogP) is -0.615. The van der Waals surface area contributed by atoms with Crippen molar-refractivity contribution in [3.05, 3.63) is 29.6 Å². The van der Waals surface area contributed by atoms with Crippen LogP contribution < -0.4 is 11.1 Å². The van der Waals surface area contributed by atoms with Crippen molar-refractivity contribution in [2.45, 2.75) is 6.42 Å². The summed E-state index contributed by atoms with van der Waals surface area (Å²) in [6.07, 6.45) is 0.0182. The fourth-order valence-electron chi connectivity index (χ4n) is 1.07. The van der Waals surface area contributed by atoms with Crippen LogP contribution in [-0.2, 0) is 4.79 Å². The third kappa shape index (κ3) is 3.90. The molecule has 2 amide bonds. The quantitative estimate of drug-likeness (QED) is 0.630. The Hall–Kier alpha value is -2.44. The molecule has 4 N–H and O–H groups in total. The number of rotatable bonds is 5. The average Bonchev–Trinajstić information content (AvgIpc) is 2.28. The van der Waals surface area contributed by atoms with Crippen molar-refractivity contribution in [3.63, 3.8) is 0 Å². The van der Waals surface area contributed by atoms with E-state index in [9.17, 15) is 14.4 Å². The highest BCUT2D eigenvalue weighted by atomic mass is 16.4. The van der Waals surface area contributed by atoms with E-state index in [0.717, 1.165) is 0 Å². The zero-order chi connectivity index (χ0) is 12.8. The van der Waals surface area contributed by atoms with Crippen molar-refractivity contribution in [2.24, 2.45) is 5.73 Å². The van der Waals surface area contributed by atoms with Gasteiger partial charge in [-0.1, -0.05) is 6.07 Å². The first-order valence-electron chi connectivity index (χ1n) is 4.77. The highest BCUT2D eigenvalue weighted by Gasteiger charge is 2.10. The highest BCUT2D eigenvalue weighted by molar-refractivity contribution is 5.94. The van der Waals surface area contributed by atoms with Crippen molar-refractivity contribution in [1.29, 1.82) is 0 Å². The van der Waals surface area contributed by atoms with Gasteiger partial charge in [0.15, 0.2) is 0 Å². The first-order chi connectivity index (χ1) is 8.00. The summed E-state index contributed by atoms with van der Waals surface area (Å²) in [5.74, 6) is -2.29. The van der Waals surface area contributed by atoms with Gasteiger partial charge in [-0.15, -0.1) is 0 Å². The van der Waals surface area contributed by atoms with Gasteiger partial charge in [-0.3, -0.25) is 9.59 Å². The molecular weight excluding hydrogens is 226 g/mol. The summed E-state index contributed by atoms with van der Waals surface area (Å²) in [5, 5.41) is 11.1. The van der Waals surface area contributed by atoms with Crippen molar-refractivity contribution in [2.75, 3.05) is 6.54 Å². The molecule has 0 radical (unpaired) electrons. The van der Waals surface area contributed by atoms with Gasteiger partial charge in [-0.05, 0) is 12.1 Å². The Labute approximate surface area is 96.6 Å². The Morgan fingerprint density at radius 3 is 2.53 bits per heavy atom. The van der Waals surface area contributed by atoms with Crippen LogP contribution in [0.2, 0.25) is 0 Å². The van der Waals surface area contributed by atoms with Crippen LogP contribution >= 0.6 is 0 Å². The number of hydrogen-bond donors (Lipinski definition) is 3. The van der Waals surface area contributed by atoms with E-state index >= 15 is 0 Å². The number of pyridine rings is 1. The fourth-order valence-corrected chi connectivity index (χ4v) is 1.07. The summed E-state index contributed by atoms with van der Waals surface area (Å²) < 4.78 is 0. The number of aromatic carboxylic acids is 1. The minimum Gasteiger partial charge on any atom is -0.477 e. The maximum absolute atomic E-state index is 11.5. The summed E-state index contributed by atoms with van der Waals surface area (Å²) in [7, 11) is 0. The molecule has 90 valence electrons. The Bertz CT molecular complexity index is 459. The third-order valence-electron chi connectivity index (χ3n) is 1.86. The van der Waals surface area contributed by atoms with E-state index in [-0.39, 0.29) is 24.4 Å². The topological polar surface area (TPSA) is 122 Å². The van der Waals surface area contributed by atoms with Crippen LogP contribution in [0.15, 0.2) is 18.2 Å². The number of amides is 2. The van der Waals surface area contributed by atoms with Crippen molar-refractivity contribution in [1.82, 2.24) is 10.3 Å². The minimum atomic E-state index is -1.21. The summed E-state index contributed by atoms with van der Waals surface area (Å²) >= 11 is 0. The van der Waals surface area contributed by atoms with E-state index in [4.69, 9.17) is 10.8 Å². The molecule has 0 unspecified atom stereocenters. The lowest BCUT2D eigenvalue weighted by atomic mass is 10.3. The molecule has 0 saturated carbocycles. The molecule has 0 aliphatic rings. The summed E-state index contributed by atoms with van der Waals surface area (Å²) in [5.41, 5.74) is 4.66. The second kappa shape index (κ2) is 5.59. The molecule has 1 rings (SSSR count). The van der Waals surface area contributed by atoms with Crippen LogP contribution in [0, 0.1) is 0 Å². The lowest BCUT2D eigenvalue weighted by molar-refractivity contribution is -0.117. The highest BCUT2D eigenvalue weighted by Crippen LogP contribution is 1.99. The Morgan fingerprint density at radius 2 is 1.94 bits per heavy atom. The minimum absolute atomic E-state index is 0.0182. The van der Waals surface area contributed by atoms with Crippen molar-refractivity contribution in [3.8, 4) is 0 Å². The SMILES string of the molecule is NC(=O)CCNC(=O)c1cccc(C(=O)O)n1. The van der Waals surface area contributed by atoms with E-state index in [1.165, 1.54) is 18.2 Å². The second-order valence-electron chi connectivity index (χ2n) is 3.19. The Balaban J connectivity index is 2.65. The molecule has 0 aliphatic carbocycles. The molecule has 0 aromatic carbocycles. The van der Waals surface area contributed by atoms with E-state index in [1.54, 1.807) is 0 Å². The molecule has 0 saturated heterocycles. The standard InChI is InChI=1S/C10H11N3O4/c11-8(14)4-5-12-9(15)6-2-1-3-7(13-6)10(16)17/h1-3H,4-5H2,(H2,11,14)(H,12,15)(H,16,17). The summed E-state index contributed by atoms with van der Waals surface area (Å²) in [6, 6.07) is 4.08. The lowest BCUT2D eigenvalue weighted by Crippen LogP contribution is -2.28. The zero-order valence-electron chi connectivity index (χ0n) is 8.84. The maximum Gasteiger partial charge on any atom is 0.354 e. The number of carbonyl (C=O) groups excluding carboxylic acids is 2. The molecule has 0 fully saturated rings. The van der Waals surface area contributed by atoms with Crippen molar-refractivity contribution >= 4 is 17.8 Å². The van der Waals surface area contributed by atoms with Gasteiger partial charge < -0.3 is 16.2 Å². The van der Waals surface area contributed by atoms with Gasteiger partial charge in [0.2, 0.25) is 5.91 Å². The molecule has 1 aromatic rings. The van der Waals surface area contributed by atoms with Gasteiger partial charge in [-0.2, -0.15) is 0 Å². The number of hydrogen-bond acceptors (Lipinski definition) is 4. The van der Waals surface area contributed by atoms with Gasteiger partial charge in [0, 0.05) is 13.0 Å². The molecule has 1 aromatic heterocycles. The van der Waals surface area contributed by atoms with Gasteiger partial charge in [0.1, 0.15) is 11.4 Å². The van der Waals surface area contributed by atoms with Gasteiger partial charge >= 0.3 is 5.97 Å². The van der Waals surface area contributed by atoms with Crippen molar-refractivity contribution < 1.29 is 19.5 Å². The molecule has 0 aliphatic heterocycles. The van der Waals surface area contributed by atoms with Crippen LogP contribution in [0.25, 0.3) is 0 Å². The zero-order valence-corrected chi connectivity index (χ0v) is 8.84. The van der Waals surface area contributed by atoms with Gasteiger partial charge in [0.05, 0.1) is 0 Å². The first kappa shape index (κ1) is 12.6. The average molecular weight is 237 g/mol. The molecular formula is C10H11N3O4. The normalized spacial score (nSPS) is 9.65. The molecule has 0 atom stereocenters. The second-order valence-corrected chi connectivity index (χ2v) is 3.19. The lowest BCUT2D eigenvalue weighted by Gasteiger charge is -2.03. The molecule has 17 heavy (non-hydrogen) atoms. The number of carbonyl (C=O) groups is 3. The molecule has 7 nitrogen and oxygen atoms in total. The van der Waals surface area contributed by atoms with E-state index in [0.29, 0.717) is 0 Å². The van der Waals surface area contributed by atoms with Crippen LogP contribution in [0.4, 0.5) is 0 Å². The predicted molar refractivity (Wildman–Crippen MR) is 57.3 cm³/mol. The summed E-state index contributed by atoms with van der Waals surface area (Å²) in [6.45, 7) is 0.0904. The summed E-state index contributed by atoms with van der Waals surface area (Å²) in [4.78, 5) is 36.2. The molecule has 7 heteroatoms. The van der Waals surface area contributed by atoms with E-state index in [1.807, 2.05) is 0 Å². The number of nitrogens with two attached hydrogens (primary N) is 1. The fraction of sp³-hybridized carbons (Fsp3) is 0.200. The first-order valence-corrected chi connectivity index (χ1v) is 4.77. The number of aromatic nitrogens is 1. The van der Waals surface area contributed by atoms with Gasteiger partial charge in [0.25, 0.3) is 5.91 Å². The molecule has 0 spiro atoms. The van der Waals surface area contributed by atoms with Gasteiger partial charge in [-0.25, -0.2) is 9.78 Å². The number of carboxylic acid groups (broad SMARTS) is 1. The third-order valence-corrected chi connectivity index (χ3v) is 1.86. The molecule has 1 heterocycles. The van der Waals surface area contributed by atoms with Crippen LogP contribution in [0.5, 0.6) is 0 Å². The number of nitrogens with zero attached hydrogens (tertiary/aromatic N) is 1. The number of nitrogens with one attached hydrogen (secondary N) is 1. The maximum atomic E-state index is 11.5. The van der Waals surface area contributed by atoms with Crippen LogP contribution in [0.3, 0.4) is 0 Å². The van der Waals surface area contributed by atoms with Crippen LogP contribution in [-0.4, -0.2) is 34.4 Å². The number of primary amides is 1. The van der Waals surface area contributed by atoms with E-state index < -0.39 is 17.8 Å². The molecule has 0 bridgehead atoms.